The van der Waals surface area contributed by atoms with E-state index in [4.69, 9.17) is 23.3 Å². The van der Waals surface area contributed by atoms with Gasteiger partial charge in [-0.1, -0.05) is 0 Å². The van der Waals surface area contributed by atoms with Crippen LogP contribution in [0.25, 0.3) is 0 Å². The van der Waals surface area contributed by atoms with Gasteiger partial charge in [0.1, 0.15) is 0 Å². The van der Waals surface area contributed by atoms with Crippen LogP contribution in [0, 0.1) is 33.3 Å². The van der Waals surface area contributed by atoms with Gasteiger partial charge in [0.25, 0.3) is 0 Å². The molecule has 0 unspecified atom stereocenters. The monoisotopic (exact) mass is 278 g/mol. The molecule has 0 aliphatic heterocycles. The average molecular weight is 278 g/mol. The zero-order valence-electron chi connectivity index (χ0n) is 8.77. The summed E-state index contributed by atoms with van der Waals surface area (Å²) in [5.41, 5.74) is 0. The second-order valence-corrected chi connectivity index (χ2v) is 1.98. The first-order valence-corrected chi connectivity index (χ1v) is 3.47. The van der Waals surface area contributed by atoms with Crippen LogP contribution >= 0.6 is 0 Å². The van der Waals surface area contributed by atoms with E-state index in [0.717, 1.165) is 0 Å². The molecule has 0 aromatic rings. The van der Waals surface area contributed by atoms with Crippen molar-refractivity contribution < 1.29 is 48.6 Å². The molecule has 7 nitrogen and oxygen atoms in total. The molecule has 0 aromatic carbocycles. The Hall–Kier alpha value is -1.43. The van der Waals surface area contributed by atoms with E-state index in [1.807, 2.05) is 0 Å². The molecule has 0 heterocycles. The quantitative estimate of drug-likeness (QED) is 0.382. The Morgan fingerprint density at radius 1 is 0.824 bits per heavy atom. The topological polar surface area (TPSA) is 126 Å². The molecule has 0 aromatic heterocycles. The Kier molecular flexibility index (Phi) is 184. The minimum atomic E-state index is -0.281. The minimum absolute atomic E-state index is 0.281. The molecule has 90 valence electrons. The van der Waals surface area contributed by atoms with Gasteiger partial charge in [-0.2, -0.15) is 0 Å². The molecule has 0 aliphatic rings. The zero-order valence-corrected chi connectivity index (χ0v) is 10.0. The molecule has 0 N–H and O–H groups in total. The number of carbonyl (C=O) groups excluding carboxylic acids is 1. The summed E-state index contributed by atoms with van der Waals surface area (Å²) in [4.78, 5) is 9.99. The number of hydrogen-bond donors (Lipinski definition) is 0. The number of carbonyl (C=O) groups is 1. The van der Waals surface area contributed by atoms with Crippen LogP contribution in [0.2, 0.25) is 0 Å². The molecule has 0 bridgehead atoms. The SMILES string of the molecule is CC(=O)O[C](C)=[Cr].[C-]#[O+].[C-]#[O+].[C-]#[O+].[C-]#[O+].[C-]#[O+]. The summed E-state index contributed by atoms with van der Waals surface area (Å²) < 4.78 is 42.5. The summed E-state index contributed by atoms with van der Waals surface area (Å²) in [7, 11) is 0. The molecular weight excluding hydrogens is 272 g/mol. The van der Waals surface area contributed by atoms with E-state index in [1.165, 1.54) is 6.92 Å². The standard InChI is InChI=1S/C4H6O2.5CO.Cr/c1-3-6-4(2)5;5*1-2;/h1-2H3;;;;;;. The molecule has 17 heavy (non-hydrogen) atoms. The van der Waals surface area contributed by atoms with E-state index in [1.54, 1.807) is 6.92 Å². The van der Waals surface area contributed by atoms with E-state index in [0.29, 0.717) is 4.57 Å². The molecule has 0 saturated carbocycles. The molecule has 0 atom stereocenters. The summed E-state index contributed by atoms with van der Waals surface area (Å²) in [6, 6.07) is 0. The maximum absolute atomic E-state index is 9.99. The van der Waals surface area contributed by atoms with Crippen LogP contribution < -0.4 is 0 Å². The summed E-state index contributed by atoms with van der Waals surface area (Å²) in [5.74, 6) is -0.281. The zero-order chi connectivity index (χ0) is 15.9. The van der Waals surface area contributed by atoms with Crippen molar-refractivity contribution in [1.29, 1.82) is 0 Å². The van der Waals surface area contributed by atoms with Crippen molar-refractivity contribution in [2.75, 3.05) is 0 Å². The Bertz CT molecular complexity index is 212. The van der Waals surface area contributed by atoms with Gasteiger partial charge in [-0.05, 0) is 0 Å². The molecule has 0 radical (unpaired) electrons. The number of rotatable bonds is 1. The van der Waals surface area contributed by atoms with E-state index >= 15 is 0 Å². The molecule has 0 amide bonds. The van der Waals surface area contributed by atoms with Crippen molar-refractivity contribution in [1.82, 2.24) is 0 Å². The third-order valence-electron chi connectivity index (χ3n) is 0.287. The predicted octanol–water partition coefficient (Wildman–Crippen LogP) is 0.0585. The van der Waals surface area contributed by atoms with Crippen molar-refractivity contribution in [3.8, 4) is 0 Å². The van der Waals surface area contributed by atoms with E-state index in [2.05, 4.69) is 53.8 Å². The Morgan fingerprint density at radius 3 is 1.00 bits per heavy atom. The summed E-state index contributed by atoms with van der Waals surface area (Å²) >= 11 is 2.54. The maximum atomic E-state index is 9.99. The first kappa shape index (κ1) is 36.1. The fraction of sp³-hybridized carbons (Fsp3) is 0.222. The first-order chi connectivity index (χ1) is 8.13. The van der Waals surface area contributed by atoms with Crippen LogP contribution in [0.5, 0.6) is 0 Å². The predicted molar refractivity (Wildman–Crippen MR) is 42.1 cm³/mol. The third kappa shape index (κ3) is 348. The van der Waals surface area contributed by atoms with E-state index in [9.17, 15) is 4.79 Å². The van der Waals surface area contributed by atoms with Crippen LogP contribution in [-0.4, -0.2) is 10.5 Å². The van der Waals surface area contributed by atoms with Crippen molar-refractivity contribution in [3.05, 3.63) is 33.3 Å². The van der Waals surface area contributed by atoms with Gasteiger partial charge in [0.2, 0.25) is 0 Å². The van der Waals surface area contributed by atoms with Gasteiger partial charge in [-0.15, -0.1) is 0 Å². The van der Waals surface area contributed by atoms with Crippen molar-refractivity contribution >= 4 is 10.5 Å². The van der Waals surface area contributed by atoms with Crippen molar-refractivity contribution in [3.63, 3.8) is 0 Å². The molecule has 0 spiro atoms. The third-order valence-corrected chi connectivity index (χ3v) is 0.418. The van der Waals surface area contributed by atoms with Crippen LogP contribution in [0.4, 0.5) is 0 Å². The second kappa shape index (κ2) is 86.4. The van der Waals surface area contributed by atoms with E-state index in [-0.39, 0.29) is 5.97 Å². The fourth-order valence-corrected chi connectivity index (χ4v) is 0.386. The summed E-state index contributed by atoms with van der Waals surface area (Å²) in [6.45, 7) is 25.5. The van der Waals surface area contributed by atoms with Crippen LogP contribution in [0.1, 0.15) is 13.8 Å². The Balaban J connectivity index is -0.0000000257. The van der Waals surface area contributed by atoms with Crippen molar-refractivity contribution in [2.24, 2.45) is 0 Å². The van der Waals surface area contributed by atoms with Crippen LogP contribution in [0.15, 0.2) is 0 Å². The molecule has 0 fully saturated rings. The van der Waals surface area contributed by atoms with Gasteiger partial charge in [0.05, 0.1) is 0 Å². The van der Waals surface area contributed by atoms with Crippen LogP contribution in [-0.2, 0) is 48.6 Å². The molecule has 0 aliphatic carbocycles. The number of esters is 1. The second-order valence-electron chi connectivity index (χ2n) is 1.09. The normalized spacial score (nSPS) is 3.76. The molecule has 0 saturated heterocycles. The van der Waals surface area contributed by atoms with Gasteiger partial charge in [-0.25, -0.2) is 0 Å². The van der Waals surface area contributed by atoms with Gasteiger partial charge < -0.3 is 0 Å². The van der Waals surface area contributed by atoms with Crippen molar-refractivity contribution in [2.45, 2.75) is 13.8 Å². The van der Waals surface area contributed by atoms with E-state index < -0.39 is 0 Å². The average Bonchev–Trinajstić information content (AvgIpc) is 2.40. The van der Waals surface area contributed by atoms with Gasteiger partial charge >= 0.3 is 106 Å². The van der Waals surface area contributed by atoms with Gasteiger partial charge in [0.15, 0.2) is 0 Å². The van der Waals surface area contributed by atoms with Gasteiger partial charge in [-0.3, -0.25) is 0 Å². The summed E-state index contributed by atoms with van der Waals surface area (Å²) in [5, 5.41) is 0. The van der Waals surface area contributed by atoms with Gasteiger partial charge in [0, 0.05) is 0 Å². The fourth-order valence-electron chi connectivity index (χ4n) is 0.202. The molecular formula is C9H6CrO7. The molecule has 0 rings (SSSR count). The Labute approximate surface area is 107 Å². The first-order valence-electron chi connectivity index (χ1n) is 2.84. The molecule has 8 heteroatoms. The number of ether oxygens (including phenoxy) is 1. The Morgan fingerprint density at radius 2 is 1.00 bits per heavy atom. The summed E-state index contributed by atoms with van der Waals surface area (Å²) in [6.07, 6.45) is 0. The van der Waals surface area contributed by atoms with Crippen LogP contribution in [0.3, 0.4) is 0 Å². The number of hydrogen-bond acceptors (Lipinski definition) is 2.